The average Bonchev–Trinajstić information content (AvgIpc) is 3.16. The number of nitrogens with two attached hydrogens (primary N) is 1. The first-order valence-electron chi connectivity index (χ1n) is 13.3. The lowest BCUT2D eigenvalue weighted by Crippen LogP contribution is -2.50. The molecule has 3 rings (SSSR count). The summed E-state index contributed by atoms with van der Waals surface area (Å²) in [6, 6.07) is 3.03. The summed E-state index contributed by atoms with van der Waals surface area (Å²) < 4.78 is 27.6. The Morgan fingerprint density at radius 2 is 1.84 bits per heavy atom. The number of thioether (sulfide) groups is 1. The van der Waals surface area contributed by atoms with Gasteiger partial charge in [0.05, 0.1) is 0 Å². The summed E-state index contributed by atoms with van der Waals surface area (Å²) in [5.41, 5.74) is 7.61. The summed E-state index contributed by atoms with van der Waals surface area (Å²) >= 11 is 1.99. The molecule has 1 aromatic carbocycles. The molecule has 2 aliphatic heterocycles. The highest BCUT2D eigenvalue weighted by Crippen LogP contribution is 2.32. The highest BCUT2D eigenvalue weighted by Gasteiger charge is 2.46. The molecular formula is C27H41N5O4S2. The molecule has 1 saturated heterocycles. The van der Waals surface area contributed by atoms with Gasteiger partial charge in [0.1, 0.15) is 11.4 Å². The molecule has 0 bridgehead atoms. The van der Waals surface area contributed by atoms with E-state index in [4.69, 9.17) is 10.7 Å². The summed E-state index contributed by atoms with van der Waals surface area (Å²) in [6.45, 7) is 6.40. The van der Waals surface area contributed by atoms with E-state index in [1.807, 2.05) is 25.6 Å². The first-order valence-corrected chi connectivity index (χ1v) is 16.0. The third kappa shape index (κ3) is 7.39. The van der Waals surface area contributed by atoms with Gasteiger partial charge in [0.2, 0.25) is 10.0 Å². The van der Waals surface area contributed by atoms with Gasteiger partial charge in [0.25, 0.3) is 5.91 Å². The van der Waals surface area contributed by atoms with Crippen LogP contribution < -0.4 is 16.0 Å². The third-order valence-corrected chi connectivity index (χ3v) is 10.0. The van der Waals surface area contributed by atoms with E-state index in [2.05, 4.69) is 12.2 Å². The van der Waals surface area contributed by atoms with Crippen LogP contribution in [0.4, 0.5) is 10.5 Å². The number of rotatable bonds is 12. The van der Waals surface area contributed by atoms with E-state index in [1.54, 1.807) is 25.3 Å². The van der Waals surface area contributed by atoms with Gasteiger partial charge in [-0.05, 0) is 92.4 Å². The fourth-order valence-electron chi connectivity index (χ4n) is 4.85. The molecule has 1 spiro atoms. The van der Waals surface area contributed by atoms with Crippen LogP contribution in [0.1, 0.15) is 68.6 Å². The Balaban J connectivity index is 1.58. The van der Waals surface area contributed by atoms with Crippen molar-refractivity contribution in [3.63, 3.8) is 0 Å². The van der Waals surface area contributed by atoms with E-state index in [1.165, 1.54) is 39.0 Å². The summed E-state index contributed by atoms with van der Waals surface area (Å²) in [5.74, 6) is 3.01. The van der Waals surface area contributed by atoms with Gasteiger partial charge in [-0.25, -0.2) is 13.2 Å². The number of sulfonamides is 1. The standard InChI is InChI=1S/C27H41N5O4S2/c1-5-15-37-16-8-6-7-9-24-29-25(33)27(30-24)11-13-32(14-12-27)38(35,36)17-10-23-20(2)18-22(19-21(23)3)31(4)26(28)34/h10,17-19H,5-9,11-16H2,1-4H3,(H2,28,34)(H,29,30,33)/b17-10+. The summed E-state index contributed by atoms with van der Waals surface area (Å²) in [4.78, 5) is 30.4. The zero-order chi connectivity index (χ0) is 27.9. The molecule has 0 unspecified atom stereocenters. The number of benzene rings is 1. The molecule has 2 heterocycles. The lowest BCUT2D eigenvalue weighted by Gasteiger charge is -2.34. The first-order chi connectivity index (χ1) is 18.0. The Morgan fingerprint density at radius 3 is 2.45 bits per heavy atom. The fraction of sp³-hybridized carbons (Fsp3) is 0.593. The number of nitrogens with zero attached hydrogens (tertiary/aromatic N) is 3. The number of hydrogen-bond donors (Lipinski definition) is 2. The minimum absolute atomic E-state index is 0.106. The molecule has 2 aliphatic rings. The number of hydrogen-bond acceptors (Lipinski definition) is 6. The van der Waals surface area contributed by atoms with Gasteiger partial charge in [0, 0.05) is 37.7 Å². The number of anilines is 1. The van der Waals surface area contributed by atoms with E-state index in [0.717, 1.165) is 41.8 Å². The lowest BCUT2D eigenvalue weighted by molar-refractivity contribution is -0.124. The normalized spacial score (nSPS) is 17.7. The molecule has 0 radical (unpaired) electrons. The number of amidine groups is 1. The summed E-state index contributed by atoms with van der Waals surface area (Å²) in [5, 5.41) is 4.17. The molecule has 1 fully saturated rings. The molecule has 3 amide bonds. The largest absolute Gasteiger partial charge is 0.351 e. The molecule has 3 N–H and O–H groups in total. The fourth-order valence-corrected chi connectivity index (χ4v) is 6.92. The van der Waals surface area contributed by atoms with Crippen molar-refractivity contribution in [2.75, 3.05) is 36.5 Å². The van der Waals surface area contributed by atoms with Crippen LogP contribution in [-0.4, -0.2) is 67.7 Å². The van der Waals surface area contributed by atoms with Crippen LogP contribution in [0.3, 0.4) is 0 Å². The van der Waals surface area contributed by atoms with Crippen LogP contribution in [0.2, 0.25) is 0 Å². The predicted molar refractivity (Wildman–Crippen MR) is 157 cm³/mol. The van der Waals surface area contributed by atoms with Gasteiger partial charge in [-0.3, -0.25) is 14.7 Å². The maximum absolute atomic E-state index is 13.1. The molecule has 210 valence electrons. The minimum Gasteiger partial charge on any atom is -0.351 e. The number of aliphatic imine (C=N–C) groups is 1. The predicted octanol–water partition coefficient (Wildman–Crippen LogP) is 4.19. The maximum atomic E-state index is 13.1. The molecule has 1 aromatic rings. The number of amides is 3. The van der Waals surface area contributed by atoms with E-state index in [9.17, 15) is 18.0 Å². The summed E-state index contributed by atoms with van der Waals surface area (Å²) in [6.07, 6.45) is 7.57. The number of carbonyl (C=O) groups is 2. The van der Waals surface area contributed by atoms with E-state index in [-0.39, 0.29) is 19.0 Å². The first kappa shape index (κ1) is 30.2. The number of carbonyl (C=O) groups excluding carboxylic acids is 2. The number of aryl methyl sites for hydroxylation is 2. The van der Waals surface area contributed by atoms with Crippen molar-refractivity contribution < 1.29 is 18.0 Å². The Kier molecular flexibility index (Phi) is 10.4. The number of urea groups is 1. The number of unbranched alkanes of at least 4 members (excludes halogenated alkanes) is 2. The molecule has 9 nitrogen and oxygen atoms in total. The van der Waals surface area contributed by atoms with Crippen molar-refractivity contribution in [1.82, 2.24) is 9.62 Å². The van der Waals surface area contributed by atoms with E-state index in [0.29, 0.717) is 18.5 Å². The van der Waals surface area contributed by atoms with Crippen molar-refractivity contribution >= 4 is 51.3 Å². The van der Waals surface area contributed by atoms with Crippen molar-refractivity contribution in [2.24, 2.45) is 10.7 Å². The van der Waals surface area contributed by atoms with Crippen LogP contribution in [0.5, 0.6) is 0 Å². The van der Waals surface area contributed by atoms with Gasteiger partial charge in [-0.15, -0.1) is 0 Å². The highest BCUT2D eigenvalue weighted by atomic mass is 32.2. The SMILES string of the molecule is CCCSCCCCCC1=NC2(CCN(S(=O)(=O)/C=C/c3c(C)cc(N(C)C(N)=O)cc3C)CC2)C(=O)N1. The number of primary amides is 1. The average molecular weight is 564 g/mol. The monoisotopic (exact) mass is 563 g/mol. The van der Waals surface area contributed by atoms with Crippen LogP contribution in [0.15, 0.2) is 22.5 Å². The quantitative estimate of drug-likeness (QED) is 0.369. The van der Waals surface area contributed by atoms with E-state index >= 15 is 0 Å². The van der Waals surface area contributed by atoms with Gasteiger partial charge in [0.15, 0.2) is 0 Å². The zero-order valence-corrected chi connectivity index (χ0v) is 24.6. The van der Waals surface area contributed by atoms with E-state index < -0.39 is 21.6 Å². The second kappa shape index (κ2) is 13.1. The van der Waals surface area contributed by atoms with Crippen LogP contribution in [-0.2, 0) is 14.8 Å². The second-order valence-corrected chi connectivity index (χ2v) is 13.1. The topological polar surface area (TPSA) is 125 Å². The summed E-state index contributed by atoms with van der Waals surface area (Å²) in [7, 11) is -2.08. The highest BCUT2D eigenvalue weighted by molar-refractivity contribution is 7.99. The van der Waals surface area contributed by atoms with Crippen LogP contribution >= 0.6 is 11.8 Å². The Morgan fingerprint density at radius 1 is 1.18 bits per heavy atom. The number of nitrogens with one attached hydrogen (secondary N) is 1. The molecular weight excluding hydrogens is 522 g/mol. The number of piperidine rings is 1. The Bertz CT molecular complexity index is 1160. The van der Waals surface area contributed by atoms with Gasteiger partial charge in [-0.2, -0.15) is 16.1 Å². The van der Waals surface area contributed by atoms with Gasteiger partial charge in [-0.1, -0.05) is 13.3 Å². The van der Waals surface area contributed by atoms with Crippen LogP contribution in [0.25, 0.3) is 6.08 Å². The van der Waals surface area contributed by atoms with Gasteiger partial charge >= 0.3 is 6.03 Å². The molecule has 0 aromatic heterocycles. The molecule has 0 aliphatic carbocycles. The van der Waals surface area contributed by atoms with Crippen molar-refractivity contribution in [1.29, 1.82) is 0 Å². The van der Waals surface area contributed by atoms with Crippen molar-refractivity contribution in [3.8, 4) is 0 Å². The lowest BCUT2D eigenvalue weighted by atomic mass is 9.89. The Hall–Kier alpha value is -2.37. The van der Waals surface area contributed by atoms with Crippen molar-refractivity contribution in [2.45, 2.75) is 71.3 Å². The second-order valence-electron chi connectivity index (χ2n) is 10.1. The Labute approximate surface area is 231 Å². The molecule has 38 heavy (non-hydrogen) atoms. The molecule has 0 atom stereocenters. The molecule has 0 saturated carbocycles. The van der Waals surface area contributed by atoms with Crippen LogP contribution in [0, 0.1) is 13.8 Å². The smallest absolute Gasteiger partial charge is 0.318 e. The minimum atomic E-state index is -3.67. The third-order valence-electron chi connectivity index (χ3n) is 7.19. The molecule has 11 heteroatoms. The van der Waals surface area contributed by atoms with Crippen molar-refractivity contribution in [3.05, 3.63) is 34.2 Å². The van der Waals surface area contributed by atoms with Gasteiger partial charge < -0.3 is 11.1 Å². The zero-order valence-electron chi connectivity index (χ0n) is 23.0. The maximum Gasteiger partial charge on any atom is 0.318 e.